The molecular formula is C26H30N2O5S. The minimum absolute atomic E-state index is 0.00840. The molecule has 1 fully saturated rings. The summed E-state index contributed by atoms with van der Waals surface area (Å²) in [6.07, 6.45) is 0.680. The van der Waals surface area contributed by atoms with Crippen molar-refractivity contribution in [1.29, 1.82) is 0 Å². The van der Waals surface area contributed by atoms with E-state index in [-0.39, 0.29) is 18.9 Å². The summed E-state index contributed by atoms with van der Waals surface area (Å²) in [6.45, 7) is 3.08. The van der Waals surface area contributed by atoms with E-state index in [9.17, 15) is 19.5 Å². The smallest absolute Gasteiger partial charge is 0.407 e. The van der Waals surface area contributed by atoms with Gasteiger partial charge in [-0.05, 0) is 60.4 Å². The van der Waals surface area contributed by atoms with Crippen LogP contribution in [0.5, 0.6) is 0 Å². The fraction of sp³-hybridized carbons (Fsp3) is 0.423. The average Bonchev–Trinajstić information content (AvgIpc) is 3.11. The van der Waals surface area contributed by atoms with Gasteiger partial charge < -0.3 is 20.5 Å². The minimum Gasteiger partial charge on any atom is -0.480 e. The van der Waals surface area contributed by atoms with E-state index in [4.69, 9.17) is 4.74 Å². The van der Waals surface area contributed by atoms with Crippen LogP contribution >= 0.6 is 11.8 Å². The first-order valence-corrected chi connectivity index (χ1v) is 12.6. The molecular weight excluding hydrogens is 452 g/mol. The number of hydrogen-bond acceptors (Lipinski definition) is 5. The van der Waals surface area contributed by atoms with Gasteiger partial charge in [-0.15, -0.1) is 0 Å². The van der Waals surface area contributed by atoms with Crippen LogP contribution in [0.3, 0.4) is 0 Å². The fourth-order valence-electron chi connectivity index (χ4n) is 4.71. The average molecular weight is 483 g/mol. The molecule has 2 aromatic carbocycles. The zero-order valence-corrected chi connectivity index (χ0v) is 20.2. The lowest BCUT2D eigenvalue weighted by Crippen LogP contribution is -2.56. The number of carboxylic acid groups (broad SMARTS) is 1. The van der Waals surface area contributed by atoms with Crippen LogP contribution in [0.1, 0.15) is 50.2 Å². The fourth-order valence-corrected chi connectivity index (χ4v) is 5.99. The number of thioether (sulfide) groups is 1. The van der Waals surface area contributed by atoms with Crippen molar-refractivity contribution in [3.63, 3.8) is 0 Å². The molecule has 4 rings (SSSR count). The summed E-state index contributed by atoms with van der Waals surface area (Å²) < 4.78 is 5.71. The van der Waals surface area contributed by atoms with E-state index >= 15 is 0 Å². The molecule has 1 aliphatic heterocycles. The van der Waals surface area contributed by atoms with Gasteiger partial charge in [0.2, 0.25) is 5.91 Å². The molecule has 8 heteroatoms. The van der Waals surface area contributed by atoms with Crippen molar-refractivity contribution in [3.05, 3.63) is 59.7 Å². The monoisotopic (exact) mass is 482 g/mol. The van der Waals surface area contributed by atoms with E-state index in [1.165, 1.54) is 13.8 Å². The van der Waals surface area contributed by atoms with Gasteiger partial charge in [-0.2, -0.15) is 11.8 Å². The molecule has 180 valence electrons. The van der Waals surface area contributed by atoms with Crippen LogP contribution in [0.2, 0.25) is 0 Å². The summed E-state index contributed by atoms with van der Waals surface area (Å²) in [4.78, 5) is 37.0. The van der Waals surface area contributed by atoms with Crippen molar-refractivity contribution in [1.82, 2.24) is 10.6 Å². The Kier molecular flexibility index (Phi) is 6.89. The highest BCUT2D eigenvalue weighted by molar-refractivity contribution is 7.99. The van der Waals surface area contributed by atoms with Gasteiger partial charge in [0.25, 0.3) is 0 Å². The maximum Gasteiger partial charge on any atom is 0.407 e. The number of fused-ring (bicyclic) bond motifs is 3. The second kappa shape index (κ2) is 9.70. The van der Waals surface area contributed by atoms with Crippen LogP contribution < -0.4 is 10.6 Å². The van der Waals surface area contributed by atoms with Crippen molar-refractivity contribution in [2.45, 2.75) is 50.1 Å². The summed E-state index contributed by atoms with van der Waals surface area (Å²) in [6, 6.07) is 16.3. The molecule has 0 atom stereocenters. The normalized spacial score (nSPS) is 16.8. The van der Waals surface area contributed by atoms with Gasteiger partial charge >= 0.3 is 12.1 Å². The number of carbonyl (C=O) groups excluding carboxylic acids is 2. The number of nitrogens with one attached hydrogen (secondary N) is 2. The predicted octanol–water partition coefficient (Wildman–Crippen LogP) is 4.16. The zero-order chi connectivity index (χ0) is 24.3. The number of ether oxygens (including phenoxy) is 1. The number of hydrogen-bond donors (Lipinski definition) is 3. The Balaban J connectivity index is 1.43. The number of aliphatic carboxylic acids is 1. The second-order valence-electron chi connectivity index (χ2n) is 9.50. The van der Waals surface area contributed by atoms with Crippen LogP contribution in [0, 0.1) is 0 Å². The molecule has 2 aromatic rings. The summed E-state index contributed by atoms with van der Waals surface area (Å²) in [5.41, 5.74) is 2.44. The topological polar surface area (TPSA) is 105 Å². The van der Waals surface area contributed by atoms with Crippen molar-refractivity contribution in [3.8, 4) is 11.1 Å². The summed E-state index contributed by atoms with van der Waals surface area (Å²) >= 11 is 1.77. The quantitative estimate of drug-likeness (QED) is 0.547. The van der Waals surface area contributed by atoms with Gasteiger partial charge in [0, 0.05) is 12.3 Å². The highest BCUT2D eigenvalue weighted by Gasteiger charge is 2.39. The van der Waals surface area contributed by atoms with Gasteiger partial charge in [-0.25, -0.2) is 9.59 Å². The highest BCUT2D eigenvalue weighted by Crippen LogP contribution is 2.44. The first kappa shape index (κ1) is 24.1. The Labute approximate surface area is 203 Å². The lowest BCUT2D eigenvalue weighted by molar-refractivity contribution is -0.146. The molecule has 2 aliphatic rings. The Morgan fingerprint density at radius 3 is 2.15 bits per heavy atom. The van der Waals surface area contributed by atoms with Gasteiger partial charge in [0.05, 0.1) is 5.54 Å². The molecule has 0 unspecified atom stereocenters. The van der Waals surface area contributed by atoms with E-state index in [0.29, 0.717) is 12.8 Å². The summed E-state index contributed by atoms with van der Waals surface area (Å²) in [5, 5.41) is 14.8. The van der Waals surface area contributed by atoms with E-state index < -0.39 is 29.0 Å². The first-order valence-electron chi connectivity index (χ1n) is 11.5. The molecule has 2 amide bonds. The number of benzene rings is 2. The number of amides is 2. The van der Waals surface area contributed by atoms with Crippen LogP contribution in [0.25, 0.3) is 11.1 Å². The first-order chi connectivity index (χ1) is 16.2. The molecule has 34 heavy (non-hydrogen) atoms. The zero-order valence-electron chi connectivity index (χ0n) is 19.4. The predicted molar refractivity (Wildman–Crippen MR) is 132 cm³/mol. The summed E-state index contributed by atoms with van der Waals surface area (Å²) in [7, 11) is 0. The third kappa shape index (κ3) is 5.06. The van der Waals surface area contributed by atoms with Crippen LogP contribution in [-0.2, 0) is 14.3 Å². The molecule has 0 saturated carbocycles. The van der Waals surface area contributed by atoms with Gasteiger partial charge in [-0.1, -0.05) is 48.5 Å². The number of alkyl carbamates (subject to hydrolysis) is 1. The molecule has 7 nitrogen and oxygen atoms in total. The molecule has 0 spiro atoms. The molecule has 0 radical (unpaired) electrons. The lowest BCUT2D eigenvalue weighted by Gasteiger charge is -2.37. The third-order valence-electron chi connectivity index (χ3n) is 6.65. The van der Waals surface area contributed by atoms with Crippen molar-refractivity contribution < 1.29 is 24.2 Å². The van der Waals surface area contributed by atoms with E-state index in [2.05, 4.69) is 34.9 Å². The van der Waals surface area contributed by atoms with Crippen LogP contribution in [-0.4, -0.2) is 52.3 Å². The van der Waals surface area contributed by atoms with Gasteiger partial charge in [-0.3, -0.25) is 4.79 Å². The molecule has 0 aromatic heterocycles. The van der Waals surface area contributed by atoms with Gasteiger partial charge in [0.1, 0.15) is 12.1 Å². The Morgan fingerprint density at radius 2 is 1.59 bits per heavy atom. The van der Waals surface area contributed by atoms with Crippen molar-refractivity contribution in [2.75, 3.05) is 18.1 Å². The van der Waals surface area contributed by atoms with Crippen LogP contribution in [0.15, 0.2) is 48.5 Å². The van der Waals surface area contributed by atoms with Crippen LogP contribution in [0.4, 0.5) is 4.79 Å². The SMILES string of the molecule is CC(C)(NC(=O)CC1(NC(=O)OCC2c3ccccc3-c3ccccc32)CCSCC1)C(=O)O. The lowest BCUT2D eigenvalue weighted by atomic mass is 9.87. The number of rotatable bonds is 7. The molecule has 3 N–H and O–H groups in total. The Hall–Kier alpha value is -3.00. The van der Waals surface area contributed by atoms with E-state index in [1.807, 2.05) is 24.3 Å². The second-order valence-corrected chi connectivity index (χ2v) is 10.7. The Morgan fingerprint density at radius 1 is 1.03 bits per heavy atom. The Bertz CT molecular complexity index is 1050. The minimum atomic E-state index is -1.38. The number of carbonyl (C=O) groups is 3. The number of carboxylic acids is 1. The maximum absolute atomic E-state index is 12.9. The molecule has 0 bridgehead atoms. The van der Waals surface area contributed by atoms with E-state index in [0.717, 1.165) is 33.8 Å². The molecule has 1 saturated heterocycles. The van der Waals surface area contributed by atoms with E-state index in [1.54, 1.807) is 11.8 Å². The summed E-state index contributed by atoms with van der Waals surface area (Å²) in [5.74, 6) is 0.0472. The molecule has 1 heterocycles. The van der Waals surface area contributed by atoms with Gasteiger partial charge in [0.15, 0.2) is 0 Å². The van der Waals surface area contributed by atoms with Crippen molar-refractivity contribution >= 4 is 29.7 Å². The molecule has 1 aliphatic carbocycles. The standard InChI is InChI=1S/C26H30N2O5S/c1-25(2,23(30)31)27-22(29)15-26(11-13-34-14-12-26)28-24(32)33-16-21-19-9-5-3-7-17(19)18-8-4-6-10-20(18)21/h3-10,21H,11-16H2,1-2H3,(H,27,29)(H,28,32)(H,30,31). The third-order valence-corrected chi connectivity index (χ3v) is 7.63. The maximum atomic E-state index is 12.9. The van der Waals surface area contributed by atoms with Crippen molar-refractivity contribution in [2.24, 2.45) is 0 Å². The largest absolute Gasteiger partial charge is 0.480 e. The highest BCUT2D eigenvalue weighted by atomic mass is 32.2.